The molecule has 1 aromatic rings. The first-order valence-electron chi connectivity index (χ1n) is 6.70. The highest BCUT2D eigenvalue weighted by molar-refractivity contribution is 9.10. The number of halogens is 1. The van der Waals surface area contributed by atoms with Crippen molar-refractivity contribution in [2.24, 2.45) is 5.92 Å². The lowest BCUT2D eigenvalue weighted by Gasteiger charge is -2.20. The van der Waals surface area contributed by atoms with E-state index >= 15 is 0 Å². The van der Waals surface area contributed by atoms with Crippen molar-refractivity contribution in [3.05, 3.63) is 22.4 Å². The van der Waals surface area contributed by atoms with Crippen LogP contribution in [0.5, 0.6) is 0 Å². The minimum Gasteiger partial charge on any atom is -0.467 e. The van der Waals surface area contributed by atoms with Crippen molar-refractivity contribution in [2.75, 3.05) is 7.11 Å². The van der Waals surface area contributed by atoms with Crippen LogP contribution >= 0.6 is 15.9 Å². The molecular weight excluding hydrogens is 324 g/mol. The summed E-state index contributed by atoms with van der Waals surface area (Å²) < 4.78 is 7.57. The first kappa shape index (κ1) is 15.1. The van der Waals surface area contributed by atoms with Crippen molar-refractivity contribution in [1.29, 1.82) is 0 Å². The molecule has 1 aliphatic carbocycles. The van der Waals surface area contributed by atoms with Crippen LogP contribution in [0.1, 0.15) is 43.2 Å². The fourth-order valence-electron chi connectivity index (χ4n) is 2.12. The highest BCUT2D eigenvalue weighted by Gasteiger charge is 2.30. The Labute approximate surface area is 126 Å². The normalized spacial score (nSPS) is 16.1. The standard InChI is InChI=1S/C14H19BrN2O3/c1-8(2)12(14(19)20-3)16-13(18)11-6-9(15)7-17(11)10-4-5-10/h6-8,10,12H,4-5H2,1-3H3,(H,16,18). The van der Waals surface area contributed by atoms with Crippen molar-refractivity contribution >= 4 is 27.8 Å². The van der Waals surface area contributed by atoms with Gasteiger partial charge >= 0.3 is 5.97 Å². The van der Waals surface area contributed by atoms with E-state index in [1.807, 2.05) is 24.6 Å². The minimum absolute atomic E-state index is 0.0285. The number of amides is 1. The van der Waals surface area contributed by atoms with Gasteiger partial charge in [-0.25, -0.2) is 4.79 Å². The van der Waals surface area contributed by atoms with E-state index in [1.54, 1.807) is 6.07 Å². The Kier molecular flexibility index (Phi) is 4.52. The molecular formula is C14H19BrN2O3. The summed E-state index contributed by atoms with van der Waals surface area (Å²) in [4.78, 5) is 24.1. The van der Waals surface area contributed by atoms with E-state index < -0.39 is 12.0 Å². The van der Waals surface area contributed by atoms with Gasteiger partial charge in [0.1, 0.15) is 11.7 Å². The maximum Gasteiger partial charge on any atom is 0.328 e. The number of nitrogens with one attached hydrogen (secondary N) is 1. The number of ether oxygens (including phenoxy) is 1. The number of hydrogen-bond donors (Lipinski definition) is 1. The molecule has 0 aromatic carbocycles. The van der Waals surface area contributed by atoms with Gasteiger partial charge < -0.3 is 14.6 Å². The Bertz CT molecular complexity index is 520. The van der Waals surface area contributed by atoms with E-state index in [0.29, 0.717) is 11.7 Å². The second-order valence-electron chi connectivity index (χ2n) is 5.40. The monoisotopic (exact) mass is 342 g/mol. The number of carbonyl (C=O) groups is 2. The molecule has 20 heavy (non-hydrogen) atoms. The number of rotatable bonds is 5. The highest BCUT2D eigenvalue weighted by Crippen LogP contribution is 2.37. The number of carbonyl (C=O) groups excluding carboxylic acids is 2. The zero-order valence-electron chi connectivity index (χ0n) is 11.9. The second kappa shape index (κ2) is 5.99. The zero-order chi connectivity index (χ0) is 14.9. The quantitative estimate of drug-likeness (QED) is 0.836. The molecule has 6 heteroatoms. The average molecular weight is 343 g/mol. The molecule has 1 heterocycles. The van der Waals surface area contributed by atoms with Gasteiger partial charge in [-0.2, -0.15) is 0 Å². The van der Waals surface area contributed by atoms with E-state index in [2.05, 4.69) is 21.2 Å². The average Bonchev–Trinajstić information content (AvgIpc) is 3.17. The molecule has 0 spiro atoms. The number of aromatic nitrogens is 1. The van der Waals surface area contributed by atoms with Gasteiger partial charge in [-0.3, -0.25) is 4.79 Å². The fourth-order valence-corrected chi connectivity index (χ4v) is 2.56. The van der Waals surface area contributed by atoms with Gasteiger partial charge in [0.15, 0.2) is 0 Å². The SMILES string of the molecule is COC(=O)C(NC(=O)c1cc(Br)cn1C1CC1)C(C)C. The number of nitrogens with zero attached hydrogens (tertiary/aromatic N) is 1. The molecule has 1 saturated carbocycles. The Hall–Kier alpha value is -1.30. The van der Waals surface area contributed by atoms with Crippen LogP contribution in [0.25, 0.3) is 0 Å². The van der Waals surface area contributed by atoms with Crippen LogP contribution in [0.3, 0.4) is 0 Å². The number of hydrogen-bond acceptors (Lipinski definition) is 3. The summed E-state index contributed by atoms with van der Waals surface area (Å²) in [5.41, 5.74) is 0.578. The van der Waals surface area contributed by atoms with E-state index in [1.165, 1.54) is 7.11 Å². The molecule has 0 aliphatic heterocycles. The molecule has 1 atom stereocenters. The lowest BCUT2D eigenvalue weighted by Crippen LogP contribution is -2.45. The molecule has 5 nitrogen and oxygen atoms in total. The third kappa shape index (κ3) is 3.23. The van der Waals surface area contributed by atoms with Crippen LogP contribution in [0.15, 0.2) is 16.7 Å². The Morgan fingerprint density at radius 3 is 2.60 bits per heavy atom. The van der Waals surface area contributed by atoms with E-state index in [9.17, 15) is 9.59 Å². The molecule has 1 fully saturated rings. The Morgan fingerprint density at radius 2 is 2.10 bits per heavy atom. The third-order valence-corrected chi connectivity index (χ3v) is 3.83. The van der Waals surface area contributed by atoms with Gasteiger partial charge in [-0.15, -0.1) is 0 Å². The summed E-state index contributed by atoms with van der Waals surface area (Å²) in [7, 11) is 1.33. The van der Waals surface area contributed by atoms with Gasteiger partial charge in [-0.05, 0) is 40.8 Å². The molecule has 2 rings (SSSR count). The van der Waals surface area contributed by atoms with Crippen LogP contribution in [0.2, 0.25) is 0 Å². The first-order valence-corrected chi connectivity index (χ1v) is 7.49. The highest BCUT2D eigenvalue weighted by atomic mass is 79.9. The third-order valence-electron chi connectivity index (χ3n) is 3.40. The van der Waals surface area contributed by atoms with Gasteiger partial charge in [0.05, 0.1) is 7.11 Å². The van der Waals surface area contributed by atoms with Crippen LogP contribution in [-0.2, 0) is 9.53 Å². The summed E-state index contributed by atoms with van der Waals surface area (Å²) in [6.45, 7) is 3.75. The van der Waals surface area contributed by atoms with Crippen molar-refractivity contribution < 1.29 is 14.3 Å². The Morgan fingerprint density at radius 1 is 1.45 bits per heavy atom. The smallest absolute Gasteiger partial charge is 0.328 e. The molecule has 1 amide bonds. The van der Waals surface area contributed by atoms with Gasteiger partial charge in [0.25, 0.3) is 5.91 Å². The molecule has 110 valence electrons. The molecule has 1 N–H and O–H groups in total. The predicted molar refractivity (Wildman–Crippen MR) is 78.5 cm³/mol. The first-order chi connectivity index (χ1) is 9.43. The predicted octanol–water partition coefficient (Wildman–Crippen LogP) is 2.51. The van der Waals surface area contributed by atoms with Gasteiger partial charge in [0.2, 0.25) is 0 Å². The molecule has 1 aliphatic rings. The summed E-state index contributed by atoms with van der Waals surface area (Å²) >= 11 is 3.39. The lowest BCUT2D eigenvalue weighted by atomic mass is 10.0. The zero-order valence-corrected chi connectivity index (χ0v) is 13.4. The fraction of sp³-hybridized carbons (Fsp3) is 0.571. The number of methoxy groups -OCH3 is 1. The summed E-state index contributed by atoms with van der Waals surface area (Å²) in [6, 6.07) is 1.55. The topological polar surface area (TPSA) is 60.3 Å². The Balaban J connectivity index is 2.16. The lowest BCUT2D eigenvalue weighted by molar-refractivity contribution is -0.144. The van der Waals surface area contributed by atoms with Crippen molar-refractivity contribution in [2.45, 2.75) is 38.8 Å². The molecule has 1 aromatic heterocycles. The second-order valence-corrected chi connectivity index (χ2v) is 6.32. The van der Waals surface area contributed by atoms with Crippen molar-refractivity contribution in [1.82, 2.24) is 9.88 Å². The van der Waals surface area contributed by atoms with Crippen LogP contribution < -0.4 is 5.32 Å². The van der Waals surface area contributed by atoms with Crippen molar-refractivity contribution in [3.8, 4) is 0 Å². The van der Waals surface area contributed by atoms with E-state index in [-0.39, 0.29) is 11.8 Å². The molecule has 0 saturated heterocycles. The minimum atomic E-state index is -0.631. The molecule has 1 unspecified atom stereocenters. The molecule has 0 bridgehead atoms. The number of esters is 1. The largest absolute Gasteiger partial charge is 0.467 e. The van der Waals surface area contributed by atoms with E-state index in [0.717, 1.165) is 17.3 Å². The summed E-state index contributed by atoms with van der Waals surface area (Å²) in [5, 5.41) is 2.76. The van der Waals surface area contributed by atoms with Crippen LogP contribution in [-0.4, -0.2) is 29.6 Å². The summed E-state index contributed by atoms with van der Waals surface area (Å²) in [5.74, 6) is -0.692. The van der Waals surface area contributed by atoms with Crippen LogP contribution in [0.4, 0.5) is 0 Å². The summed E-state index contributed by atoms with van der Waals surface area (Å²) in [6.07, 6.45) is 4.09. The van der Waals surface area contributed by atoms with E-state index in [4.69, 9.17) is 4.74 Å². The van der Waals surface area contributed by atoms with Gasteiger partial charge in [0, 0.05) is 16.7 Å². The van der Waals surface area contributed by atoms with Crippen molar-refractivity contribution in [3.63, 3.8) is 0 Å². The maximum atomic E-state index is 12.4. The van der Waals surface area contributed by atoms with Gasteiger partial charge in [-0.1, -0.05) is 13.8 Å². The maximum absolute atomic E-state index is 12.4. The molecule has 0 radical (unpaired) electrons. The van der Waals surface area contributed by atoms with Crippen LogP contribution in [0, 0.1) is 5.92 Å².